The number of rotatable bonds is 6. The number of aryl methyl sites for hydroxylation is 2. The van der Waals surface area contributed by atoms with Crippen LogP contribution in [0.25, 0.3) is 11.0 Å². The van der Waals surface area contributed by atoms with Gasteiger partial charge in [0, 0.05) is 29.6 Å². The van der Waals surface area contributed by atoms with Gasteiger partial charge in [-0.2, -0.15) is 0 Å². The number of para-hydroxylation sites is 1. The van der Waals surface area contributed by atoms with Crippen molar-refractivity contribution in [3.05, 3.63) is 65.4 Å². The van der Waals surface area contributed by atoms with Crippen LogP contribution in [0.1, 0.15) is 23.1 Å². The highest BCUT2D eigenvalue weighted by Crippen LogP contribution is 2.26. The van der Waals surface area contributed by atoms with E-state index in [4.69, 9.17) is 10.2 Å². The Morgan fingerprint density at radius 3 is 2.46 bits per heavy atom. The van der Waals surface area contributed by atoms with Gasteiger partial charge in [-0.15, -0.1) is 0 Å². The summed E-state index contributed by atoms with van der Waals surface area (Å²) in [5.41, 5.74) is 9.94. The number of amides is 2. The van der Waals surface area contributed by atoms with Crippen LogP contribution in [0.3, 0.4) is 0 Å². The third-order valence-corrected chi connectivity index (χ3v) is 4.56. The van der Waals surface area contributed by atoms with Gasteiger partial charge in [0.05, 0.1) is 12.7 Å². The molecule has 2 amide bonds. The summed E-state index contributed by atoms with van der Waals surface area (Å²) in [7, 11) is 0. The maximum Gasteiger partial charge on any atom is 0.231 e. The van der Waals surface area contributed by atoms with Gasteiger partial charge in [-0.1, -0.05) is 18.2 Å². The van der Waals surface area contributed by atoms with E-state index in [-0.39, 0.29) is 25.3 Å². The van der Waals surface area contributed by atoms with Gasteiger partial charge in [0.25, 0.3) is 0 Å². The molecule has 2 aromatic carbocycles. The topological polar surface area (TPSA) is 76.5 Å². The lowest BCUT2D eigenvalue weighted by atomic mass is 10.0. The molecule has 0 atom stereocenters. The second kappa shape index (κ2) is 7.44. The van der Waals surface area contributed by atoms with Crippen LogP contribution in [0.15, 0.2) is 53.1 Å². The molecule has 0 saturated carbocycles. The minimum Gasteiger partial charge on any atom is -0.464 e. The fourth-order valence-electron chi connectivity index (χ4n) is 2.96. The lowest BCUT2D eigenvalue weighted by Gasteiger charge is -2.22. The Labute approximate surface area is 152 Å². The second-order valence-electron chi connectivity index (χ2n) is 6.47. The van der Waals surface area contributed by atoms with Crippen LogP contribution in [-0.2, 0) is 16.0 Å². The standard InChI is InChI=1S/C21H22N2O3/c1-14-10-18-16(13-26-19(18)11-15(14)2)12-21(25)23(9-8-20(22)24)17-6-4-3-5-7-17/h3-7,10-11,13H,8-9,12H2,1-2H3,(H2,22,24). The van der Waals surface area contributed by atoms with Crippen LogP contribution < -0.4 is 10.6 Å². The highest BCUT2D eigenvalue weighted by molar-refractivity contribution is 5.97. The van der Waals surface area contributed by atoms with Crippen LogP contribution in [0.2, 0.25) is 0 Å². The summed E-state index contributed by atoms with van der Waals surface area (Å²) in [6, 6.07) is 13.3. The number of anilines is 1. The van der Waals surface area contributed by atoms with Crippen molar-refractivity contribution in [3.8, 4) is 0 Å². The average molecular weight is 350 g/mol. The minimum absolute atomic E-state index is 0.0987. The van der Waals surface area contributed by atoms with Crippen molar-refractivity contribution < 1.29 is 14.0 Å². The van der Waals surface area contributed by atoms with E-state index in [0.29, 0.717) is 0 Å². The van der Waals surface area contributed by atoms with Crippen molar-refractivity contribution in [2.75, 3.05) is 11.4 Å². The summed E-state index contributed by atoms with van der Waals surface area (Å²) in [4.78, 5) is 25.7. The highest BCUT2D eigenvalue weighted by Gasteiger charge is 2.19. The number of primary amides is 1. The van der Waals surface area contributed by atoms with Crippen molar-refractivity contribution in [1.29, 1.82) is 0 Å². The van der Waals surface area contributed by atoms with E-state index < -0.39 is 5.91 Å². The number of furan rings is 1. The molecule has 5 heteroatoms. The Morgan fingerprint density at radius 2 is 1.77 bits per heavy atom. The van der Waals surface area contributed by atoms with Gasteiger partial charge in [0.2, 0.25) is 11.8 Å². The maximum absolute atomic E-state index is 13.0. The predicted octanol–water partition coefficient (Wildman–Crippen LogP) is 3.50. The van der Waals surface area contributed by atoms with Crippen LogP contribution in [0.5, 0.6) is 0 Å². The molecular weight excluding hydrogens is 328 g/mol. The SMILES string of the molecule is Cc1cc2occ(CC(=O)N(CCC(N)=O)c3ccccc3)c2cc1C. The molecule has 0 aliphatic rings. The van der Waals surface area contributed by atoms with Gasteiger partial charge < -0.3 is 15.1 Å². The molecule has 26 heavy (non-hydrogen) atoms. The monoisotopic (exact) mass is 350 g/mol. The van der Waals surface area contributed by atoms with Gasteiger partial charge in [-0.05, 0) is 49.2 Å². The Bertz CT molecular complexity index is 945. The molecule has 3 rings (SSSR count). The Morgan fingerprint density at radius 1 is 1.08 bits per heavy atom. The molecular formula is C21H22N2O3. The lowest BCUT2D eigenvalue weighted by molar-refractivity contribution is -0.118. The van der Waals surface area contributed by atoms with E-state index >= 15 is 0 Å². The quantitative estimate of drug-likeness (QED) is 0.739. The summed E-state index contributed by atoms with van der Waals surface area (Å²) >= 11 is 0. The van der Waals surface area contributed by atoms with E-state index in [1.165, 1.54) is 0 Å². The molecule has 0 radical (unpaired) electrons. The summed E-state index contributed by atoms with van der Waals surface area (Å²) in [5.74, 6) is -0.531. The van der Waals surface area contributed by atoms with E-state index in [1.807, 2.05) is 56.3 Å². The average Bonchev–Trinajstić information content (AvgIpc) is 2.98. The first-order valence-electron chi connectivity index (χ1n) is 8.56. The van der Waals surface area contributed by atoms with Crippen molar-refractivity contribution in [2.45, 2.75) is 26.7 Å². The third kappa shape index (κ3) is 3.77. The van der Waals surface area contributed by atoms with Gasteiger partial charge in [-0.25, -0.2) is 0 Å². The van der Waals surface area contributed by atoms with Gasteiger partial charge in [-0.3, -0.25) is 9.59 Å². The van der Waals surface area contributed by atoms with E-state index in [2.05, 4.69) is 0 Å². The first-order valence-corrected chi connectivity index (χ1v) is 8.56. The number of nitrogens with zero attached hydrogens (tertiary/aromatic N) is 1. The van der Waals surface area contributed by atoms with E-state index in [1.54, 1.807) is 11.2 Å². The molecule has 0 aliphatic carbocycles. The summed E-state index contributed by atoms with van der Waals surface area (Å²) in [6.45, 7) is 4.33. The van der Waals surface area contributed by atoms with Crippen LogP contribution >= 0.6 is 0 Å². The second-order valence-corrected chi connectivity index (χ2v) is 6.47. The van der Waals surface area contributed by atoms with E-state index in [9.17, 15) is 9.59 Å². The number of hydrogen-bond donors (Lipinski definition) is 1. The normalized spacial score (nSPS) is 10.8. The molecule has 3 aromatic rings. The Balaban J connectivity index is 1.88. The Hall–Kier alpha value is -3.08. The third-order valence-electron chi connectivity index (χ3n) is 4.56. The molecule has 0 bridgehead atoms. The fourth-order valence-corrected chi connectivity index (χ4v) is 2.96. The van der Waals surface area contributed by atoms with Crippen LogP contribution in [-0.4, -0.2) is 18.4 Å². The predicted molar refractivity (Wildman–Crippen MR) is 102 cm³/mol. The largest absolute Gasteiger partial charge is 0.464 e. The molecule has 134 valence electrons. The summed E-state index contributed by atoms with van der Waals surface area (Å²) in [5, 5.41) is 0.948. The zero-order valence-electron chi connectivity index (χ0n) is 15.0. The smallest absolute Gasteiger partial charge is 0.231 e. The molecule has 2 N–H and O–H groups in total. The Kier molecular flexibility index (Phi) is 5.07. The maximum atomic E-state index is 13.0. The summed E-state index contributed by atoms with van der Waals surface area (Å²) in [6.07, 6.45) is 1.95. The van der Waals surface area contributed by atoms with Gasteiger partial charge >= 0.3 is 0 Å². The molecule has 0 aliphatic heterocycles. The van der Waals surface area contributed by atoms with Crippen molar-refractivity contribution in [1.82, 2.24) is 0 Å². The van der Waals surface area contributed by atoms with Crippen molar-refractivity contribution in [2.24, 2.45) is 5.73 Å². The fraction of sp³-hybridized carbons (Fsp3) is 0.238. The number of fused-ring (bicyclic) bond motifs is 1. The number of hydrogen-bond acceptors (Lipinski definition) is 3. The van der Waals surface area contributed by atoms with Gasteiger partial charge in [0.15, 0.2) is 0 Å². The van der Waals surface area contributed by atoms with Crippen molar-refractivity contribution in [3.63, 3.8) is 0 Å². The molecule has 1 heterocycles. The minimum atomic E-state index is -0.432. The molecule has 1 aromatic heterocycles. The zero-order chi connectivity index (χ0) is 18.7. The first kappa shape index (κ1) is 17.7. The highest BCUT2D eigenvalue weighted by atomic mass is 16.3. The molecule has 0 spiro atoms. The number of carbonyl (C=O) groups is 2. The summed E-state index contributed by atoms with van der Waals surface area (Å²) < 4.78 is 5.62. The molecule has 0 fully saturated rings. The zero-order valence-corrected chi connectivity index (χ0v) is 15.0. The molecule has 0 saturated heterocycles. The number of benzene rings is 2. The number of carbonyl (C=O) groups excluding carboxylic acids is 2. The first-order chi connectivity index (χ1) is 12.5. The molecule has 0 unspecified atom stereocenters. The van der Waals surface area contributed by atoms with Crippen LogP contribution in [0, 0.1) is 13.8 Å². The van der Waals surface area contributed by atoms with Crippen LogP contribution in [0.4, 0.5) is 5.69 Å². The van der Waals surface area contributed by atoms with Crippen molar-refractivity contribution >= 4 is 28.5 Å². The molecule has 5 nitrogen and oxygen atoms in total. The van der Waals surface area contributed by atoms with E-state index in [0.717, 1.165) is 33.3 Å². The number of nitrogens with two attached hydrogens (primary N) is 1. The van der Waals surface area contributed by atoms with Gasteiger partial charge in [0.1, 0.15) is 5.58 Å². The lowest BCUT2D eigenvalue weighted by Crippen LogP contribution is -2.35.